The Morgan fingerprint density at radius 2 is 1.74 bits per heavy atom. The van der Waals surface area contributed by atoms with Gasteiger partial charge in [0.2, 0.25) is 0 Å². The van der Waals surface area contributed by atoms with Gasteiger partial charge in [-0.25, -0.2) is 4.79 Å². The Kier molecular flexibility index (Phi) is 7.67. The van der Waals surface area contributed by atoms with Crippen LogP contribution in [0.15, 0.2) is 66.7 Å². The summed E-state index contributed by atoms with van der Waals surface area (Å²) in [6.07, 6.45) is 0. The highest BCUT2D eigenvalue weighted by atomic mass is 35.5. The summed E-state index contributed by atoms with van der Waals surface area (Å²) in [5, 5.41) is 9.15. The fraction of sp³-hybridized carbons (Fsp3) is 0.231. The highest BCUT2D eigenvalue weighted by Gasteiger charge is 2.18. The molecule has 4 rings (SSSR count). The van der Waals surface area contributed by atoms with Crippen molar-refractivity contribution in [3.8, 4) is 0 Å². The van der Waals surface area contributed by atoms with Crippen molar-refractivity contribution in [2.45, 2.75) is 13.5 Å². The SMILES string of the molecule is Cc1ccc(CNC(=O)c2ccc(N3CCOCC3)c(NC(=O)Nc3cccc(Cl)c3)c2)cc1. The number of halogens is 1. The number of anilines is 3. The van der Waals surface area contributed by atoms with Crippen LogP contribution in [0.5, 0.6) is 0 Å². The lowest BCUT2D eigenvalue weighted by Gasteiger charge is -2.30. The number of amides is 3. The summed E-state index contributed by atoms with van der Waals surface area (Å²) in [5.74, 6) is -0.215. The first-order valence-corrected chi connectivity index (χ1v) is 11.5. The van der Waals surface area contributed by atoms with Crippen molar-refractivity contribution in [3.63, 3.8) is 0 Å². The Morgan fingerprint density at radius 3 is 2.47 bits per heavy atom. The minimum Gasteiger partial charge on any atom is -0.378 e. The van der Waals surface area contributed by atoms with Gasteiger partial charge in [0.1, 0.15) is 0 Å². The van der Waals surface area contributed by atoms with Crippen molar-refractivity contribution >= 4 is 40.6 Å². The lowest BCUT2D eigenvalue weighted by Crippen LogP contribution is -2.37. The van der Waals surface area contributed by atoms with Crippen LogP contribution in [0.4, 0.5) is 21.9 Å². The van der Waals surface area contributed by atoms with E-state index in [2.05, 4.69) is 20.9 Å². The molecule has 3 aromatic rings. The fourth-order valence-corrected chi connectivity index (χ4v) is 3.89. The van der Waals surface area contributed by atoms with E-state index >= 15 is 0 Å². The Balaban J connectivity index is 1.51. The van der Waals surface area contributed by atoms with Gasteiger partial charge in [-0.3, -0.25) is 4.79 Å². The summed E-state index contributed by atoms with van der Waals surface area (Å²) < 4.78 is 5.46. The number of carbonyl (C=O) groups is 2. The van der Waals surface area contributed by atoms with E-state index in [4.69, 9.17) is 16.3 Å². The van der Waals surface area contributed by atoms with Gasteiger partial charge in [-0.05, 0) is 48.9 Å². The maximum absolute atomic E-state index is 12.9. The molecule has 3 N–H and O–H groups in total. The Hall–Kier alpha value is -3.55. The van der Waals surface area contributed by atoms with Gasteiger partial charge < -0.3 is 25.6 Å². The molecule has 176 valence electrons. The zero-order valence-electron chi connectivity index (χ0n) is 18.9. The van der Waals surface area contributed by atoms with E-state index in [-0.39, 0.29) is 5.91 Å². The van der Waals surface area contributed by atoms with Crippen molar-refractivity contribution in [1.29, 1.82) is 0 Å². The van der Waals surface area contributed by atoms with Gasteiger partial charge in [0.25, 0.3) is 5.91 Å². The summed E-state index contributed by atoms with van der Waals surface area (Å²) in [5.41, 5.74) is 4.60. The molecule has 0 saturated carbocycles. The molecule has 0 aromatic heterocycles. The zero-order chi connectivity index (χ0) is 23.9. The number of carbonyl (C=O) groups excluding carboxylic acids is 2. The molecule has 1 heterocycles. The molecule has 0 radical (unpaired) electrons. The molecule has 0 spiro atoms. The Bertz CT molecular complexity index is 1160. The van der Waals surface area contributed by atoms with Crippen LogP contribution in [-0.2, 0) is 11.3 Å². The minimum absolute atomic E-state index is 0.215. The van der Waals surface area contributed by atoms with Crippen molar-refractivity contribution in [2.75, 3.05) is 41.8 Å². The average molecular weight is 479 g/mol. The maximum atomic E-state index is 12.9. The molecule has 1 fully saturated rings. The van der Waals surface area contributed by atoms with Gasteiger partial charge >= 0.3 is 6.03 Å². The number of morpholine rings is 1. The van der Waals surface area contributed by atoms with Crippen LogP contribution < -0.4 is 20.9 Å². The van der Waals surface area contributed by atoms with Crippen molar-refractivity contribution < 1.29 is 14.3 Å². The molecule has 1 aliphatic heterocycles. The van der Waals surface area contributed by atoms with E-state index in [0.717, 1.165) is 11.3 Å². The molecule has 7 nitrogen and oxygen atoms in total. The second kappa shape index (κ2) is 11.0. The van der Waals surface area contributed by atoms with Crippen LogP contribution in [0.3, 0.4) is 0 Å². The van der Waals surface area contributed by atoms with Gasteiger partial charge in [0.05, 0.1) is 24.6 Å². The molecule has 34 heavy (non-hydrogen) atoms. The molecule has 0 aliphatic carbocycles. The lowest BCUT2D eigenvalue weighted by atomic mass is 10.1. The number of hydrogen-bond acceptors (Lipinski definition) is 4. The molecule has 0 atom stereocenters. The largest absolute Gasteiger partial charge is 0.378 e. The first-order chi connectivity index (χ1) is 16.5. The third-order valence-electron chi connectivity index (χ3n) is 5.51. The normalized spacial score (nSPS) is 13.3. The van der Waals surface area contributed by atoms with E-state index < -0.39 is 6.03 Å². The predicted octanol–water partition coefficient (Wildman–Crippen LogP) is 5.06. The number of hydrogen-bond donors (Lipinski definition) is 3. The summed E-state index contributed by atoms with van der Waals surface area (Å²) >= 11 is 6.02. The monoisotopic (exact) mass is 478 g/mol. The van der Waals surface area contributed by atoms with Crippen molar-refractivity contribution in [1.82, 2.24) is 5.32 Å². The Morgan fingerprint density at radius 1 is 0.971 bits per heavy atom. The number of rotatable bonds is 6. The van der Waals surface area contributed by atoms with Gasteiger partial charge in [-0.1, -0.05) is 47.5 Å². The highest BCUT2D eigenvalue weighted by Crippen LogP contribution is 2.28. The molecule has 1 aliphatic rings. The standard InChI is InChI=1S/C26H27ClN4O3/c1-18-5-7-19(8-6-18)17-28-25(32)20-9-10-24(31-11-13-34-14-12-31)23(15-20)30-26(33)29-22-4-2-3-21(27)16-22/h2-10,15-16H,11-14,17H2,1H3,(H,28,32)(H2,29,30,33). The van der Waals surface area contributed by atoms with Crippen molar-refractivity contribution in [3.05, 3.63) is 88.4 Å². The number of nitrogens with zero attached hydrogens (tertiary/aromatic N) is 1. The quantitative estimate of drug-likeness (QED) is 0.462. The maximum Gasteiger partial charge on any atom is 0.323 e. The number of nitrogens with one attached hydrogen (secondary N) is 3. The van der Waals surface area contributed by atoms with E-state index in [1.807, 2.05) is 37.3 Å². The van der Waals surface area contributed by atoms with Crippen LogP contribution >= 0.6 is 11.6 Å². The second-order valence-corrected chi connectivity index (χ2v) is 8.53. The molecule has 1 saturated heterocycles. The molecule has 0 unspecified atom stereocenters. The topological polar surface area (TPSA) is 82.7 Å². The van der Waals surface area contributed by atoms with Crippen molar-refractivity contribution in [2.24, 2.45) is 0 Å². The van der Waals surface area contributed by atoms with E-state index in [0.29, 0.717) is 54.8 Å². The summed E-state index contributed by atoms with van der Waals surface area (Å²) in [6, 6.07) is 19.8. The highest BCUT2D eigenvalue weighted by molar-refractivity contribution is 6.30. The summed E-state index contributed by atoms with van der Waals surface area (Å²) in [6.45, 7) is 5.05. The van der Waals surface area contributed by atoms with E-state index in [1.165, 1.54) is 5.56 Å². The molecule has 3 amide bonds. The third-order valence-corrected chi connectivity index (χ3v) is 5.75. The first kappa shape index (κ1) is 23.6. The Labute approximate surface area is 204 Å². The van der Waals surface area contributed by atoms with Crippen LogP contribution in [0, 0.1) is 6.92 Å². The summed E-state index contributed by atoms with van der Waals surface area (Å²) in [4.78, 5) is 27.7. The van der Waals surface area contributed by atoms with Gasteiger partial charge in [0, 0.05) is 35.9 Å². The molecular weight excluding hydrogens is 452 g/mol. The first-order valence-electron chi connectivity index (χ1n) is 11.1. The molecule has 3 aromatic carbocycles. The molecule has 0 bridgehead atoms. The summed E-state index contributed by atoms with van der Waals surface area (Å²) in [7, 11) is 0. The van der Waals surface area contributed by atoms with E-state index in [1.54, 1.807) is 36.4 Å². The van der Waals surface area contributed by atoms with Gasteiger partial charge in [-0.15, -0.1) is 0 Å². The minimum atomic E-state index is -0.422. The fourth-order valence-electron chi connectivity index (χ4n) is 3.70. The molecule has 8 heteroatoms. The number of urea groups is 1. The predicted molar refractivity (Wildman–Crippen MR) is 136 cm³/mol. The van der Waals surface area contributed by atoms with Gasteiger partial charge in [-0.2, -0.15) is 0 Å². The molecular formula is C26H27ClN4O3. The third kappa shape index (κ3) is 6.27. The smallest absolute Gasteiger partial charge is 0.323 e. The second-order valence-electron chi connectivity index (χ2n) is 8.09. The van der Waals surface area contributed by atoms with Crippen LogP contribution in [0.1, 0.15) is 21.5 Å². The van der Waals surface area contributed by atoms with Crippen LogP contribution in [0.25, 0.3) is 0 Å². The number of benzene rings is 3. The lowest BCUT2D eigenvalue weighted by molar-refractivity contribution is 0.0951. The van der Waals surface area contributed by atoms with Crippen LogP contribution in [0.2, 0.25) is 5.02 Å². The van der Waals surface area contributed by atoms with E-state index in [9.17, 15) is 9.59 Å². The number of ether oxygens (including phenoxy) is 1. The number of aryl methyl sites for hydroxylation is 1. The average Bonchev–Trinajstić information content (AvgIpc) is 2.84. The zero-order valence-corrected chi connectivity index (χ0v) is 19.7. The van der Waals surface area contributed by atoms with Crippen LogP contribution in [-0.4, -0.2) is 38.2 Å². The van der Waals surface area contributed by atoms with Gasteiger partial charge in [0.15, 0.2) is 0 Å².